The predicted octanol–water partition coefficient (Wildman–Crippen LogP) is 4.01. The lowest BCUT2D eigenvalue weighted by Gasteiger charge is -1.94. The quantitative estimate of drug-likeness (QED) is 0.676. The van der Waals surface area contributed by atoms with Crippen molar-refractivity contribution in [3.63, 3.8) is 0 Å². The van der Waals surface area contributed by atoms with Crippen LogP contribution in [0.25, 0.3) is 22.6 Å². The Morgan fingerprint density at radius 2 is 1.89 bits per heavy atom. The molecule has 0 spiro atoms. The molecule has 89 valence electrons. The van der Waals surface area contributed by atoms with Crippen molar-refractivity contribution in [2.24, 2.45) is 0 Å². The van der Waals surface area contributed by atoms with E-state index in [1.807, 2.05) is 18.2 Å². The van der Waals surface area contributed by atoms with E-state index in [4.69, 9.17) is 4.42 Å². The van der Waals surface area contributed by atoms with E-state index in [-0.39, 0.29) is 5.82 Å². The highest BCUT2D eigenvalue weighted by molar-refractivity contribution is 5.76. The summed E-state index contributed by atoms with van der Waals surface area (Å²) in [5, 5.41) is 0. The maximum Gasteiger partial charge on any atom is 0.227 e. The molecule has 1 aromatic heterocycles. The summed E-state index contributed by atoms with van der Waals surface area (Å²) < 4.78 is 18.5. The molecule has 0 atom stereocenters. The van der Waals surface area contributed by atoms with Crippen LogP contribution in [-0.4, -0.2) is 4.98 Å². The Morgan fingerprint density at radius 1 is 1.11 bits per heavy atom. The molecule has 2 nitrogen and oxygen atoms in total. The number of nitrogens with zero attached hydrogens (tertiary/aromatic N) is 1. The minimum atomic E-state index is -0.269. The molecular formula is C15H11FNO. The van der Waals surface area contributed by atoms with E-state index in [1.165, 1.54) is 12.1 Å². The van der Waals surface area contributed by atoms with Gasteiger partial charge in [0.2, 0.25) is 5.89 Å². The second-order valence-electron chi connectivity index (χ2n) is 4.08. The molecule has 0 saturated carbocycles. The second-order valence-corrected chi connectivity index (χ2v) is 4.08. The second kappa shape index (κ2) is 4.26. The minimum absolute atomic E-state index is 0.269. The third-order valence-electron chi connectivity index (χ3n) is 2.83. The van der Waals surface area contributed by atoms with Crippen molar-refractivity contribution in [1.82, 2.24) is 4.98 Å². The van der Waals surface area contributed by atoms with Crippen LogP contribution in [0.4, 0.5) is 4.39 Å². The molecule has 3 rings (SSSR count). The predicted molar refractivity (Wildman–Crippen MR) is 68.5 cm³/mol. The average Bonchev–Trinajstić information content (AvgIpc) is 2.82. The fourth-order valence-electron chi connectivity index (χ4n) is 1.84. The van der Waals surface area contributed by atoms with Crippen molar-refractivity contribution in [3.05, 3.63) is 60.8 Å². The monoisotopic (exact) mass is 240 g/mol. The van der Waals surface area contributed by atoms with Crippen LogP contribution in [0.3, 0.4) is 0 Å². The first-order valence-electron chi connectivity index (χ1n) is 5.71. The van der Waals surface area contributed by atoms with Crippen LogP contribution in [0.5, 0.6) is 0 Å². The van der Waals surface area contributed by atoms with Crippen LogP contribution in [-0.2, 0) is 6.42 Å². The van der Waals surface area contributed by atoms with E-state index in [9.17, 15) is 4.39 Å². The van der Waals surface area contributed by atoms with Gasteiger partial charge < -0.3 is 4.42 Å². The molecule has 0 bridgehead atoms. The molecular weight excluding hydrogens is 229 g/mol. The number of hydrogen-bond acceptors (Lipinski definition) is 2. The zero-order valence-corrected chi connectivity index (χ0v) is 9.69. The van der Waals surface area contributed by atoms with E-state index >= 15 is 0 Å². The van der Waals surface area contributed by atoms with Gasteiger partial charge >= 0.3 is 0 Å². The first-order chi connectivity index (χ1) is 8.76. The lowest BCUT2D eigenvalue weighted by molar-refractivity contribution is 0.616. The van der Waals surface area contributed by atoms with Gasteiger partial charge in [0, 0.05) is 5.56 Å². The molecule has 0 saturated heterocycles. The average molecular weight is 240 g/mol. The van der Waals surface area contributed by atoms with Gasteiger partial charge in [-0.3, -0.25) is 0 Å². The van der Waals surface area contributed by atoms with E-state index in [0.29, 0.717) is 12.3 Å². The van der Waals surface area contributed by atoms with Gasteiger partial charge in [0.25, 0.3) is 0 Å². The van der Waals surface area contributed by atoms with Crippen molar-refractivity contribution in [1.29, 1.82) is 0 Å². The van der Waals surface area contributed by atoms with Crippen molar-refractivity contribution in [2.75, 3.05) is 0 Å². The first kappa shape index (κ1) is 11.0. The lowest BCUT2D eigenvalue weighted by Crippen LogP contribution is -1.78. The highest BCUT2D eigenvalue weighted by Crippen LogP contribution is 2.25. The molecule has 0 aliphatic heterocycles. The van der Waals surface area contributed by atoms with E-state index in [0.717, 1.165) is 22.2 Å². The van der Waals surface area contributed by atoms with Gasteiger partial charge in [-0.15, -0.1) is 0 Å². The number of hydrogen-bond donors (Lipinski definition) is 0. The smallest absolute Gasteiger partial charge is 0.227 e. The van der Waals surface area contributed by atoms with Gasteiger partial charge in [-0.05, 0) is 55.3 Å². The summed E-state index contributed by atoms with van der Waals surface area (Å²) in [7, 11) is 0. The molecule has 1 heterocycles. The van der Waals surface area contributed by atoms with Gasteiger partial charge in [0.05, 0.1) is 0 Å². The van der Waals surface area contributed by atoms with Crippen LogP contribution in [0.1, 0.15) is 5.56 Å². The Kier molecular flexibility index (Phi) is 2.59. The maximum atomic E-state index is 12.8. The molecule has 3 aromatic rings. The zero-order chi connectivity index (χ0) is 12.5. The van der Waals surface area contributed by atoms with Crippen molar-refractivity contribution < 1.29 is 8.81 Å². The third-order valence-corrected chi connectivity index (χ3v) is 2.83. The number of rotatable bonds is 2. The summed E-state index contributed by atoms with van der Waals surface area (Å²) in [5.41, 5.74) is 3.40. The summed E-state index contributed by atoms with van der Waals surface area (Å²) >= 11 is 0. The molecule has 0 N–H and O–H groups in total. The fraction of sp³-hybridized carbons (Fsp3) is 0.0667. The molecule has 2 aromatic carbocycles. The standard InChI is InChI=1S/C15H11FNO/c1-2-10-3-8-13-14(9-10)18-15(17-13)11-4-6-12(16)7-5-11/h3-9H,1-2H2. The SMILES string of the molecule is [CH2]Cc1ccc2nc(-c3ccc(F)cc3)oc2c1. The Hall–Kier alpha value is -2.16. The Balaban J connectivity index is 2.10. The molecule has 0 unspecified atom stereocenters. The normalized spacial score (nSPS) is 11.0. The zero-order valence-electron chi connectivity index (χ0n) is 9.69. The molecule has 0 fully saturated rings. The maximum absolute atomic E-state index is 12.8. The highest BCUT2D eigenvalue weighted by Gasteiger charge is 2.08. The number of benzene rings is 2. The third kappa shape index (κ3) is 1.88. The van der Waals surface area contributed by atoms with Crippen molar-refractivity contribution in [2.45, 2.75) is 6.42 Å². The van der Waals surface area contributed by atoms with E-state index in [2.05, 4.69) is 11.9 Å². The summed E-state index contributed by atoms with van der Waals surface area (Å²) in [4.78, 5) is 4.38. The summed E-state index contributed by atoms with van der Waals surface area (Å²) in [6.45, 7) is 3.83. The molecule has 0 aliphatic rings. The van der Waals surface area contributed by atoms with Gasteiger partial charge in [0.1, 0.15) is 11.3 Å². The van der Waals surface area contributed by atoms with Gasteiger partial charge in [0.15, 0.2) is 5.58 Å². The Labute approximate surface area is 104 Å². The molecule has 1 radical (unpaired) electrons. The minimum Gasteiger partial charge on any atom is -0.436 e. The van der Waals surface area contributed by atoms with Crippen LogP contribution in [0.15, 0.2) is 46.9 Å². The van der Waals surface area contributed by atoms with E-state index < -0.39 is 0 Å². The molecule has 0 aliphatic carbocycles. The molecule has 18 heavy (non-hydrogen) atoms. The van der Waals surface area contributed by atoms with Crippen molar-refractivity contribution >= 4 is 11.1 Å². The number of oxazole rings is 1. The van der Waals surface area contributed by atoms with Crippen LogP contribution < -0.4 is 0 Å². The summed E-state index contributed by atoms with van der Waals surface area (Å²) in [5.74, 6) is 0.236. The fourth-order valence-corrected chi connectivity index (χ4v) is 1.84. The number of aromatic nitrogens is 1. The Bertz CT molecular complexity index is 685. The van der Waals surface area contributed by atoms with Crippen LogP contribution in [0, 0.1) is 12.7 Å². The first-order valence-corrected chi connectivity index (χ1v) is 5.71. The van der Waals surface area contributed by atoms with Crippen LogP contribution >= 0.6 is 0 Å². The topological polar surface area (TPSA) is 26.0 Å². The number of fused-ring (bicyclic) bond motifs is 1. The summed E-state index contributed by atoms with van der Waals surface area (Å²) in [6, 6.07) is 11.9. The molecule has 0 amide bonds. The largest absolute Gasteiger partial charge is 0.436 e. The van der Waals surface area contributed by atoms with E-state index in [1.54, 1.807) is 12.1 Å². The van der Waals surface area contributed by atoms with Gasteiger partial charge in [-0.1, -0.05) is 6.07 Å². The Morgan fingerprint density at radius 3 is 2.61 bits per heavy atom. The van der Waals surface area contributed by atoms with Crippen molar-refractivity contribution in [3.8, 4) is 11.5 Å². The summed E-state index contributed by atoms with van der Waals surface area (Å²) in [6.07, 6.45) is 0.711. The molecule has 3 heteroatoms. The number of halogens is 1. The highest BCUT2D eigenvalue weighted by atomic mass is 19.1. The van der Waals surface area contributed by atoms with Crippen LogP contribution in [0.2, 0.25) is 0 Å². The lowest BCUT2D eigenvalue weighted by atomic mass is 10.1. The van der Waals surface area contributed by atoms with Gasteiger partial charge in [-0.25, -0.2) is 9.37 Å². The van der Waals surface area contributed by atoms with Gasteiger partial charge in [-0.2, -0.15) is 0 Å².